The van der Waals surface area contributed by atoms with Crippen LogP contribution >= 0.6 is 0 Å². The molecule has 2 amide bonds. The van der Waals surface area contributed by atoms with Gasteiger partial charge in [0.2, 0.25) is 5.88 Å². The van der Waals surface area contributed by atoms with E-state index in [0.29, 0.717) is 13.1 Å². The molecule has 26 heteroatoms. The summed E-state index contributed by atoms with van der Waals surface area (Å²) in [5.74, 6) is -8.74. The van der Waals surface area contributed by atoms with Gasteiger partial charge < -0.3 is 82.9 Å². The molecule has 6 rings (SSSR count). The van der Waals surface area contributed by atoms with Crippen molar-refractivity contribution in [2.75, 3.05) is 47.6 Å². The molecule has 506 valence electrons. The van der Waals surface area contributed by atoms with Crippen molar-refractivity contribution in [1.29, 1.82) is 0 Å². The summed E-state index contributed by atoms with van der Waals surface area (Å²) in [6.45, 7) is 23.9. The number of aromatic hydroxyl groups is 1. The van der Waals surface area contributed by atoms with Crippen LogP contribution in [0.2, 0.25) is 0 Å². The van der Waals surface area contributed by atoms with Crippen molar-refractivity contribution < 1.29 is 96.2 Å². The quantitative estimate of drug-likeness (QED) is 0.0585. The molecule has 1 aromatic heterocycles. The number of oxime groups is 1. The molecule has 0 aliphatic carbocycles. The van der Waals surface area contributed by atoms with E-state index < -0.39 is 157 Å². The monoisotopic (exact) mass is 1270 g/mol. The number of hydrogen-bond donors (Lipinski definition) is 5. The van der Waals surface area contributed by atoms with Gasteiger partial charge in [-0.15, -0.1) is 0 Å². The first-order valence-corrected chi connectivity index (χ1v) is 31.5. The number of alkyl carbamates (subject to hydrolysis) is 1. The van der Waals surface area contributed by atoms with Crippen LogP contribution in [0.1, 0.15) is 132 Å². The van der Waals surface area contributed by atoms with E-state index in [1.165, 1.54) is 34.4 Å². The Morgan fingerprint density at radius 1 is 0.811 bits per heavy atom. The second-order valence-corrected chi connectivity index (χ2v) is 25.6. The number of nitrogens with one attached hydrogen (secondary N) is 2. The van der Waals surface area contributed by atoms with Crippen LogP contribution in [0.3, 0.4) is 0 Å². The summed E-state index contributed by atoms with van der Waals surface area (Å²) in [5.41, 5.74) is -0.961. The summed E-state index contributed by atoms with van der Waals surface area (Å²) in [6.07, 6.45) is -12.6. The zero-order valence-electron chi connectivity index (χ0n) is 55.2. The molecule has 0 bridgehead atoms. The Kier molecular flexibility index (Phi) is 27.7. The summed E-state index contributed by atoms with van der Waals surface area (Å²) < 4.78 is 70.9. The molecule has 2 aromatic rings. The van der Waals surface area contributed by atoms with Crippen LogP contribution in [0.15, 0.2) is 47.9 Å². The van der Waals surface area contributed by atoms with E-state index in [1.54, 1.807) is 48.5 Å². The molecule has 4 saturated heterocycles. The third kappa shape index (κ3) is 19.5. The van der Waals surface area contributed by atoms with Gasteiger partial charge in [0.25, 0.3) is 5.91 Å². The number of benzene rings is 1. The molecule has 5 N–H and O–H groups in total. The molecule has 4 fully saturated rings. The van der Waals surface area contributed by atoms with Gasteiger partial charge >= 0.3 is 18.0 Å². The first-order chi connectivity index (χ1) is 42.6. The topological polar surface area (TPSA) is 322 Å². The standard InChI is InChI=1S/C64H100N6O20/c1-33(2)24-48(72)86-54-40(9)53(35(4)32-82-62-57(80-15)56(79-14)50(73)43(12)85-62)88-60(77)42(11)55(87-49-25-36(5)70(31-38(7)83-49)23-22-65-59(76)46-29-67-47(71)30-66-46)39(8)52(89-61-51(74)45(69-81-16)26-37(6)84-61)34(3)27-64(13,58(75)41(54)10)90-63(78)68-28-44-20-18-17-19-21-44/h17-21,29-30,33-43,49-57,61-62,73-74H,22-28,31-32H2,1-16H3,(H,65,76)(H,67,71)(H,68,78)/t34-,35-,36-,37+,38?,39+,40-,41+,42+,43+,49-,50+,51+,52-,53+,54+,55-,56+,57+,61-,62+,64-/m0/s1. The van der Waals surface area contributed by atoms with Gasteiger partial charge in [-0.25, -0.2) is 14.8 Å². The SMILES string of the molecule is CON=C1C[C@@H](C)O[C@@H](O[C@@H]2[C@@H](C)[C@H](O[C@H]3C[C@H](C)N(CCNC(=O)c4cnc(O)cn4)CC(C)O3)[C@@H](C)C(=O)O[C@H]([C@@H](C)CO[C@@H]3O[C@H](C)[C@@H](O)[C@@H](OC)[C@H]3OC)[C@H](C)[C@@H](OC(=O)CC(C)C)[C@@H](C)C(=O)[C@@](C)(OC(=O)NCc3ccccc3)C[C@@H]2C)[C@@H]1O. The minimum absolute atomic E-state index is 0.0228. The maximum atomic E-state index is 16.0. The molecule has 1 unspecified atom stereocenters. The highest BCUT2D eigenvalue weighted by molar-refractivity contribution is 5.92. The second kappa shape index (κ2) is 33.9. The van der Waals surface area contributed by atoms with Crippen LogP contribution < -0.4 is 10.6 Å². The molecule has 0 radical (unpaired) electrons. The number of amides is 2. The third-order valence-corrected chi connectivity index (χ3v) is 17.6. The summed E-state index contributed by atoms with van der Waals surface area (Å²) in [5, 5.41) is 42.3. The summed E-state index contributed by atoms with van der Waals surface area (Å²) in [6, 6.07) is 8.93. The predicted molar refractivity (Wildman–Crippen MR) is 325 cm³/mol. The number of nitrogens with zero attached hydrogens (tertiary/aromatic N) is 4. The zero-order chi connectivity index (χ0) is 66.3. The number of ether oxygens (including phenoxy) is 11. The first-order valence-electron chi connectivity index (χ1n) is 31.5. The molecular formula is C64H100N6O20. The van der Waals surface area contributed by atoms with E-state index in [1.807, 2.05) is 65.0 Å². The van der Waals surface area contributed by atoms with Crippen molar-refractivity contribution in [3.8, 4) is 5.88 Å². The van der Waals surface area contributed by atoms with Crippen LogP contribution in [0.5, 0.6) is 5.88 Å². The number of carbonyl (C=O) groups is 5. The van der Waals surface area contributed by atoms with E-state index >= 15 is 9.59 Å². The van der Waals surface area contributed by atoms with Gasteiger partial charge in [-0.1, -0.05) is 84.0 Å². The highest BCUT2D eigenvalue weighted by atomic mass is 16.7. The Morgan fingerprint density at radius 3 is 2.16 bits per heavy atom. The number of ketones is 1. The van der Waals surface area contributed by atoms with Gasteiger partial charge in [0.1, 0.15) is 49.4 Å². The van der Waals surface area contributed by atoms with Gasteiger partial charge in [0.15, 0.2) is 30.3 Å². The number of carbonyl (C=O) groups excluding carboxylic acids is 5. The van der Waals surface area contributed by atoms with Crippen LogP contribution in [0.25, 0.3) is 0 Å². The van der Waals surface area contributed by atoms with E-state index in [9.17, 15) is 29.7 Å². The van der Waals surface area contributed by atoms with Gasteiger partial charge in [0.05, 0.1) is 67.1 Å². The highest BCUT2D eigenvalue weighted by Crippen LogP contribution is 2.41. The number of rotatable bonds is 21. The van der Waals surface area contributed by atoms with E-state index in [2.05, 4.69) is 30.7 Å². The van der Waals surface area contributed by atoms with E-state index in [-0.39, 0.29) is 74.6 Å². The van der Waals surface area contributed by atoms with Gasteiger partial charge in [0, 0.05) is 83.5 Å². The van der Waals surface area contributed by atoms with Crippen molar-refractivity contribution in [3.63, 3.8) is 0 Å². The first kappa shape index (κ1) is 73.5. The fraction of sp³-hybridized carbons (Fsp3) is 0.750. The van der Waals surface area contributed by atoms with Crippen molar-refractivity contribution in [3.05, 3.63) is 54.0 Å². The molecule has 0 spiro atoms. The van der Waals surface area contributed by atoms with Crippen LogP contribution in [0.4, 0.5) is 4.79 Å². The van der Waals surface area contributed by atoms with Gasteiger partial charge in [-0.3, -0.25) is 24.1 Å². The molecule has 4 aliphatic heterocycles. The van der Waals surface area contributed by atoms with Crippen molar-refractivity contribution >= 4 is 35.4 Å². The number of methoxy groups -OCH3 is 2. The van der Waals surface area contributed by atoms with Crippen LogP contribution in [0, 0.1) is 41.4 Å². The van der Waals surface area contributed by atoms with E-state index in [0.717, 1.165) is 11.8 Å². The lowest BCUT2D eigenvalue weighted by atomic mass is 9.74. The second-order valence-electron chi connectivity index (χ2n) is 25.6. The Hall–Kier alpha value is -5.52. The fourth-order valence-electron chi connectivity index (χ4n) is 12.8. The van der Waals surface area contributed by atoms with Crippen molar-refractivity contribution in [1.82, 2.24) is 25.5 Å². The molecule has 4 aliphatic rings. The predicted octanol–water partition coefficient (Wildman–Crippen LogP) is 5.50. The third-order valence-electron chi connectivity index (χ3n) is 17.6. The molecule has 1 aromatic carbocycles. The lowest BCUT2D eigenvalue weighted by Crippen LogP contribution is -2.59. The normalized spacial score (nSPS) is 36.0. The lowest BCUT2D eigenvalue weighted by Gasteiger charge is -2.45. The van der Waals surface area contributed by atoms with Crippen molar-refractivity contribution in [2.24, 2.45) is 46.6 Å². The maximum Gasteiger partial charge on any atom is 0.408 e. The summed E-state index contributed by atoms with van der Waals surface area (Å²) >= 11 is 0. The minimum Gasteiger partial charge on any atom is -0.492 e. The number of esters is 2. The Balaban J connectivity index is 1.47. The number of Topliss-reactive ketones (excluding diaryl/α,β-unsaturated/α-hetero) is 1. The number of aromatic nitrogens is 2. The molecule has 22 atom stereocenters. The molecule has 0 saturated carbocycles. The van der Waals surface area contributed by atoms with Crippen LogP contribution in [-0.2, 0) is 77.9 Å². The Bertz CT molecular complexity index is 2640. The minimum atomic E-state index is -2.01. The number of aliphatic hydroxyl groups is 2. The Morgan fingerprint density at radius 2 is 1.51 bits per heavy atom. The van der Waals surface area contributed by atoms with Gasteiger partial charge in [-0.05, 0) is 65.4 Å². The number of cyclic esters (lactones) is 1. The Labute approximate surface area is 529 Å². The smallest absolute Gasteiger partial charge is 0.408 e. The molecular weight excluding hydrogens is 1170 g/mol. The molecule has 26 nitrogen and oxygen atoms in total. The highest BCUT2D eigenvalue weighted by Gasteiger charge is 2.53. The molecule has 90 heavy (non-hydrogen) atoms. The van der Waals surface area contributed by atoms with Gasteiger partial charge in [-0.2, -0.15) is 0 Å². The maximum absolute atomic E-state index is 16.0. The average molecular weight is 1270 g/mol. The summed E-state index contributed by atoms with van der Waals surface area (Å²) in [4.78, 5) is 88.0. The fourth-order valence-corrected chi connectivity index (χ4v) is 12.8. The number of aliphatic hydroxyl groups excluding tert-OH is 2. The molecule has 5 heterocycles. The largest absolute Gasteiger partial charge is 0.492 e. The van der Waals surface area contributed by atoms with Crippen LogP contribution in [-0.4, -0.2) is 211 Å². The van der Waals surface area contributed by atoms with Crippen molar-refractivity contribution in [2.45, 2.75) is 220 Å². The lowest BCUT2D eigenvalue weighted by molar-refractivity contribution is -0.305. The summed E-state index contributed by atoms with van der Waals surface area (Å²) in [7, 11) is 4.24. The number of hydrogen-bond acceptors (Lipinski definition) is 24. The van der Waals surface area contributed by atoms with E-state index in [4.69, 9.17) is 56.9 Å². The zero-order valence-corrected chi connectivity index (χ0v) is 55.2. The average Bonchev–Trinajstić information content (AvgIpc) is 0.875.